The van der Waals surface area contributed by atoms with Crippen molar-refractivity contribution in [2.24, 2.45) is 5.92 Å². The second kappa shape index (κ2) is 23.8. The van der Waals surface area contributed by atoms with E-state index in [0.717, 1.165) is 25.7 Å². The lowest BCUT2D eigenvalue weighted by molar-refractivity contribution is 0.234. The van der Waals surface area contributed by atoms with Crippen LogP contribution in [0.1, 0.15) is 149 Å². The van der Waals surface area contributed by atoms with Gasteiger partial charge >= 0.3 is 10.4 Å². The molecule has 1 unspecified atom stereocenters. The molecule has 0 spiro atoms. The third kappa shape index (κ3) is 25.9. The first kappa shape index (κ1) is 31.6. The van der Waals surface area contributed by atoms with E-state index in [1.54, 1.807) is 0 Å². The van der Waals surface area contributed by atoms with Crippen LogP contribution in [-0.4, -0.2) is 19.6 Å². The fourth-order valence-corrected chi connectivity index (χ4v) is 4.51. The van der Waals surface area contributed by atoms with Crippen LogP contribution in [0.15, 0.2) is 12.2 Å². The molecule has 0 aromatic heterocycles. The molecule has 1 N–H and O–H groups in total. The van der Waals surface area contributed by atoms with Crippen molar-refractivity contribution in [1.82, 2.24) is 0 Å². The molecule has 0 bridgehead atoms. The minimum absolute atomic E-state index is 0.0435. The molecule has 0 radical (unpaired) electrons. The van der Waals surface area contributed by atoms with Crippen LogP contribution in [0.4, 0.5) is 0 Å². The van der Waals surface area contributed by atoms with Crippen LogP contribution in [0, 0.1) is 5.92 Å². The zero-order chi connectivity index (χ0) is 23.8. The number of hydrogen-bond donors (Lipinski definition) is 1. The number of allylic oxidation sites excluding steroid dienone is 1. The Hall–Kier alpha value is -0.390. The quantitative estimate of drug-likeness (QED) is 0.0813. The van der Waals surface area contributed by atoms with Crippen molar-refractivity contribution in [2.75, 3.05) is 6.61 Å². The summed E-state index contributed by atoms with van der Waals surface area (Å²) >= 11 is 0. The molecule has 0 aromatic carbocycles. The highest BCUT2D eigenvalue weighted by Crippen LogP contribution is 2.17. The number of unbranched alkanes of at least 4 members (excludes halogenated alkanes) is 18. The Labute approximate surface area is 200 Å². The second-order valence-electron chi connectivity index (χ2n) is 9.49. The van der Waals surface area contributed by atoms with E-state index in [-0.39, 0.29) is 12.5 Å². The minimum atomic E-state index is -4.35. The van der Waals surface area contributed by atoms with Crippen LogP contribution in [0.25, 0.3) is 0 Å². The summed E-state index contributed by atoms with van der Waals surface area (Å²) in [5.74, 6) is 0.0604. The van der Waals surface area contributed by atoms with Crippen molar-refractivity contribution in [3.05, 3.63) is 12.2 Å². The molecule has 4 nitrogen and oxygen atoms in total. The van der Waals surface area contributed by atoms with Crippen LogP contribution in [-0.2, 0) is 14.6 Å². The summed E-state index contributed by atoms with van der Waals surface area (Å²) in [6.45, 7) is 4.50. The first-order chi connectivity index (χ1) is 15.5. The Balaban J connectivity index is 3.64. The van der Waals surface area contributed by atoms with E-state index in [2.05, 4.69) is 30.2 Å². The normalized spacial score (nSPS) is 13.2. The third-order valence-electron chi connectivity index (χ3n) is 6.24. The Morgan fingerprint density at radius 2 is 1.06 bits per heavy atom. The molecule has 0 saturated carbocycles. The average molecular weight is 475 g/mol. The molecule has 0 fully saturated rings. The van der Waals surface area contributed by atoms with E-state index in [0.29, 0.717) is 0 Å². The first-order valence-corrected chi connectivity index (χ1v) is 15.1. The summed E-state index contributed by atoms with van der Waals surface area (Å²) in [6, 6.07) is 0. The minimum Gasteiger partial charge on any atom is -0.264 e. The van der Waals surface area contributed by atoms with Crippen molar-refractivity contribution in [2.45, 2.75) is 149 Å². The van der Waals surface area contributed by atoms with Crippen molar-refractivity contribution < 1.29 is 17.2 Å². The molecule has 0 heterocycles. The maximum atomic E-state index is 10.9. The fraction of sp³-hybridized carbons (Fsp3) is 0.926. The van der Waals surface area contributed by atoms with Crippen molar-refractivity contribution >= 4 is 10.4 Å². The standard InChI is InChI=1S/C27H54O4S/c1-3-5-7-9-10-11-12-13-14-15-16-17-18-19-21-23-25-27(26-31-32(28,29)30)24-22-20-8-6-4-2/h22,24,27H,3-21,23,25-26H2,1-2H3,(H,28,29,30)/b24-22+. The SMILES string of the molecule is CCCCC/C=C/C(CCCCCCCCCCCCCCCCCC)COS(=O)(=O)O. The smallest absolute Gasteiger partial charge is 0.264 e. The lowest BCUT2D eigenvalue weighted by atomic mass is 9.99. The maximum absolute atomic E-state index is 10.9. The Morgan fingerprint density at radius 1 is 0.656 bits per heavy atom. The van der Waals surface area contributed by atoms with E-state index in [9.17, 15) is 8.42 Å². The molecule has 0 aliphatic carbocycles. The van der Waals surface area contributed by atoms with Gasteiger partial charge in [0, 0.05) is 5.92 Å². The molecule has 192 valence electrons. The van der Waals surface area contributed by atoms with Gasteiger partial charge < -0.3 is 0 Å². The molecule has 5 heteroatoms. The van der Waals surface area contributed by atoms with Crippen LogP contribution >= 0.6 is 0 Å². The Kier molecular flexibility index (Phi) is 23.5. The average Bonchev–Trinajstić information content (AvgIpc) is 2.75. The summed E-state index contributed by atoms with van der Waals surface area (Å²) in [6.07, 6.45) is 31.3. The fourth-order valence-electron chi connectivity index (χ4n) is 4.16. The molecule has 1 atom stereocenters. The van der Waals surface area contributed by atoms with E-state index in [1.807, 2.05) is 0 Å². The third-order valence-corrected chi connectivity index (χ3v) is 6.68. The van der Waals surface area contributed by atoms with Crippen LogP contribution in [0.2, 0.25) is 0 Å². The highest BCUT2D eigenvalue weighted by Gasteiger charge is 2.11. The molecule has 0 aliphatic heterocycles. The van der Waals surface area contributed by atoms with Crippen molar-refractivity contribution in [1.29, 1.82) is 0 Å². The van der Waals surface area contributed by atoms with Crippen LogP contribution in [0.3, 0.4) is 0 Å². The summed E-state index contributed by atoms with van der Waals surface area (Å²) < 4.78 is 35.2. The summed E-state index contributed by atoms with van der Waals surface area (Å²) in [5, 5.41) is 0. The molecule has 0 rings (SSSR count). The molecular weight excluding hydrogens is 420 g/mol. The molecule has 0 amide bonds. The largest absolute Gasteiger partial charge is 0.397 e. The van der Waals surface area contributed by atoms with Gasteiger partial charge in [-0.15, -0.1) is 0 Å². The van der Waals surface area contributed by atoms with Gasteiger partial charge in [0.1, 0.15) is 0 Å². The summed E-state index contributed by atoms with van der Waals surface area (Å²) in [7, 11) is -4.35. The van der Waals surface area contributed by atoms with Gasteiger partial charge in [-0.2, -0.15) is 8.42 Å². The van der Waals surface area contributed by atoms with E-state index in [4.69, 9.17) is 4.55 Å². The van der Waals surface area contributed by atoms with Gasteiger partial charge in [0.25, 0.3) is 0 Å². The zero-order valence-corrected chi connectivity index (χ0v) is 22.2. The summed E-state index contributed by atoms with van der Waals surface area (Å²) in [5.41, 5.74) is 0. The zero-order valence-electron chi connectivity index (χ0n) is 21.4. The highest BCUT2D eigenvalue weighted by molar-refractivity contribution is 7.80. The number of hydrogen-bond acceptors (Lipinski definition) is 3. The molecule has 0 aromatic rings. The Bertz CT molecular complexity index is 502. The molecule has 0 aliphatic rings. The maximum Gasteiger partial charge on any atom is 0.397 e. The van der Waals surface area contributed by atoms with Crippen molar-refractivity contribution in [3.8, 4) is 0 Å². The van der Waals surface area contributed by atoms with Gasteiger partial charge in [0.05, 0.1) is 6.61 Å². The van der Waals surface area contributed by atoms with E-state index < -0.39 is 10.4 Å². The van der Waals surface area contributed by atoms with Gasteiger partial charge in [-0.1, -0.05) is 142 Å². The monoisotopic (exact) mass is 474 g/mol. The van der Waals surface area contributed by atoms with Gasteiger partial charge in [0.2, 0.25) is 0 Å². The Morgan fingerprint density at radius 3 is 1.50 bits per heavy atom. The van der Waals surface area contributed by atoms with Gasteiger partial charge in [-0.05, 0) is 19.3 Å². The van der Waals surface area contributed by atoms with Crippen LogP contribution in [0.5, 0.6) is 0 Å². The van der Waals surface area contributed by atoms with Crippen molar-refractivity contribution in [3.63, 3.8) is 0 Å². The van der Waals surface area contributed by atoms with Gasteiger partial charge in [-0.25, -0.2) is 4.18 Å². The first-order valence-electron chi connectivity index (χ1n) is 13.8. The predicted octanol–water partition coefficient (Wildman–Crippen LogP) is 9.21. The predicted molar refractivity (Wildman–Crippen MR) is 138 cm³/mol. The second-order valence-corrected chi connectivity index (χ2v) is 10.6. The van der Waals surface area contributed by atoms with Gasteiger partial charge in [0.15, 0.2) is 0 Å². The molecular formula is C27H54O4S. The number of rotatable bonds is 25. The van der Waals surface area contributed by atoms with Crippen LogP contribution < -0.4 is 0 Å². The molecule has 0 saturated heterocycles. The van der Waals surface area contributed by atoms with Gasteiger partial charge in [-0.3, -0.25) is 4.55 Å². The summed E-state index contributed by atoms with van der Waals surface area (Å²) in [4.78, 5) is 0. The highest BCUT2D eigenvalue weighted by atomic mass is 32.3. The lowest BCUT2D eigenvalue weighted by Gasteiger charge is -2.12. The lowest BCUT2D eigenvalue weighted by Crippen LogP contribution is -2.12. The topological polar surface area (TPSA) is 63.6 Å². The van der Waals surface area contributed by atoms with E-state index in [1.165, 1.54) is 109 Å². The van der Waals surface area contributed by atoms with E-state index >= 15 is 0 Å². The molecule has 32 heavy (non-hydrogen) atoms.